The zero-order valence-corrected chi connectivity index (χ0v) is 8.31. The van der Waals surface area contributed by atoms with Crippen molar-refractivity contribution in [1.29, 1.82) is 0 Å². The minimum Gasteiger partial charge on any atom is -0.344 e. The molecule has 0 unspecified atom stereocenters. The molecule has 4 heteroatoms. The number of halogens is 3. The summed E-state index contributed by atoms with van der Waals surface area (Å²) in [5.74, 6) is 0. The molecule has 0 aromatic heterocycles. The fraction of sp³-hybridized carbons (Fsp3) is 0. The Balaban J connectivity index is 0. The van der Waals surface area contributed by atoms with Gasteiger partial charge in [0.1, 0.15) is 0 Å². The average Bonchev–Trinajstić information content (AvgIpc) is 0.918. The molecule has 0 bridgehead atoms. The Kier molecular flexibility index (Phi) is 21.2. The van der Waals surface area contributed by atoms with Crippen LogP contribution < -0.4 is 19.4 Å². The molecule has 0 aliphatic heterocycles. The van der Waals surface area contributed by atoms with Gasteiger partial charge >= 0.3 is 50.5 Å². The molecule has 0 rings (SSSR count). The van der Waals surface area contributed by atoms with Crippen molar-refractivity contribution >= 4 is 37.2 Å². The van der Waals surface area contributed by atoms with Gasteiger partial charge < -0.3 is 6.15 Å². The zero-order valence-electron chi connectivity index (χ0n) is 1.84. The van der Waals surface area contributed by atoms with E-state index < -0.39 is 0 Å². The van der Waals surface area contributed by atoms with Crippen molar-refractivity contribution in [3.8, 4) is 0 Å². The van der Waals surface area contributed by atoms with Crippen molar-refractivity contribution in [3.63, 3.8) is 0 Å². The molecule has 0 aliphatic rings. The molecule has 0 radical (unpaired) electrons. The molecule has 0 heterocycles. The molecule has 0 amide bonds. The summed E-state index contributed by atoms with van der Waals surface area (Å²) in [5.41, 5.74) is 0. The summed E-state index contributed by atoms with van der Waals surface area (Å²) in [6.07, 6.45) is 0. The van der Waals surface area contributed by atoms with E-state index in [9.17, 15) is 0 Å². The molecule has 4 heavy (non-hydrogen) atoms. The number of hydrogen-bond donors (Lipinski definition) is 1. The van der Waals surface area contributed by atoms with Crippen LogP contribution in [0.3, 0.4) is 0 Å². The van der Waals surface area contributed by atoms with Crippen LogP contribution in [0.25, 0.3) is 0 Å². The van der Waals surface area contributed by atoms with Crippen LogP contribution in [0, 0.1) is 0 Å². The van der Waals surface area contributed by atoms with Crippen LogP contribution in [0.2, 0.25) is 0 Å². The van der Waals surface area contributed by atoms with E-state index in [2.05, 4.69) is 37.2 Å². The second kappa shape index (κ2) is 8.94. The molecule has 0 saturated heterocycles. The predicted molar refractivity (Wildman–Crippen MR) is 33.1 cm³/mol. The van der Waals surface area contributed by atoms with Gasteiger partial charge in [-0.05, 0) is 0 Å². The first-order valence-corrected chi connectivity index (χ1v) is 12.9. The topological polar surface area (TPSA) is 35.0 Å². The summed E-state index contributed by atoms with van der Waals surface area (Å²) < 4.78 is 0. The average molecular weight is 398 g/mol. The van der Waals surface area contributed by atoms with Gasteiger partial charge in [-0.3, -0.25) is 0 Å². The molecule has 30 valence electrons. The number of rotatable bonds is 0. The van der Waals surface area contributed by atoms with E-state index in [0.717, 1.165) is 0 Å². The van der Waals surface area contributed by atoms with Gasteiger partial charge in [0.25, 0.3) is 0 Å². The third-order valence-electron chi connectivity index (χ3n) is 0. The van der Waals surface area contributed by atoms with Crippen LogP contribution in [-0.4, -0.2) is 0 Å². The largest absolute Gasteiger partial charge is 0.344 e. The Labute approximate surface area is 55.5 Å². The number of hydrogen-bond acceptors (Lipinski definition) is 1. The van der Waals surface area contributed by atoms with Gasteiger partial charge in [-0.1, -0.05) is 0 Å². The van der Waals surface area contributed by atoms with Crippen LogP contribution in [0.5, 0.6) is 0 Å². The van der Waals surface area contributed by atoms with Crippen molar-refractivity contribution in [3.05, 3.63) is 0 Å². The van der Waals surface area contributed by atoms with E-state index >= 15 is 0 Å². The molecule has 0 spiro atoms. The predicted octanol–water partition coefficient (Wildman–Crippen LogP) is -1.06. The van der Waals surface area contributed by atoms with E-state index in [1.165, 1.54) is 0 Å². The molecule has 3 N–H and O–H groups in total. The van der Waals surface area contributed by atoms with Gasteiger partial charge in [-0.25, -0.2) is 0 Å². The summed E-state index contributed by atoms with van der Waals surface area (Å²) in [6, 6.07) is 0. The fourth-order valence-corrected chi connectivity index (χ4v) is 0. The molecule has 0 aromatic rings. The summed E-state index contributed by atoms with van der Waals surface area (Å²) >= 11 is 5.30. The third-order valence-corrected chi connectivity index (χ3v) is 0. The molecule has 0 saturated carbocycles. The van der Waals surface area contributed by atoms with E-state index in [4.69, 9.17) is 0 Å². The maximum atomic E-state index is 2.39. The quantitative estimate of drug-likeness (QED) is 0.520. The Bertz CT molecular complexity index is 3.25. The van der Waals surface area contributed by atoms with E-state index in [0.29, 0.717) is 13.3 Å². The summed E-state index contributed by atoms with van der Waals surface area (Å²) in [6.45, 7) is 0. The van der Waals surface area contributed by atoms with Gasteiger partial charge in [0, 0.05) is 0 Å². The Morgan fingerprint density at radius 3 is 1.25 bits per heavy atom. The van der Waals surface area contributed by atoms with Crippen molar-refractivity contribution < 1.29 is 13.3 Å². The van der Waals surface area contributed by atoms with Crippen LogP contribution >= 0.6 is 37.2 Å². The second-order valence-corrected chi connectivity index (χ2v) is 16.3. The van der Waals surface area contributed by atoms with Crippen molar-refractivity contribution in [2.75, 3.05) is 0 Å². The molecule has 0 aliphatic carbocycles. The first-order chi connectivity index (χ1) is 1.41. The first-order valence-electron chi connectivity index (χ1n) is 0.286. The van der Waals surface area contributed by atoms with Crippen molar-refractivity contribution in [1.82, 2.24) is 6.15 Å². The Hall–Kier alpha value is 2.15. The van der Waals surface area contributed by atoms with Crippen molar-refractivity contribution in [2.45, 2.75) is 0 Å². The SMILES string of the molecule is I[I-]I.N. The summed E-state index contributed by atoms with van der Waals surface area (Å²) in [5, 5.41) is 0. The molecular formula is H3I3N-. The maximum Gasteiger partial charge on any atom is -0.344 e. The minimum absolute atomic E-state index is 0. The van der Waals surface area contributed by atoms with E-state index in [-0.39, 0.29) is 6.15 Å². The van der Waals surface area contributed by atoms with Gasteiger partial charge in [0.2, 0.25) is 0 Å². The van der Waals surface area contributed by atoms with Gasteiger partial charge in [-0.15, -0.1) is 0 Å². The maximum absolute atomic E-state index is 2.39. The summed E-state index contributed by atoms with van der Waals surface area (Å²) in [7, 11) is 0. The first kappa shape index (κ1) is 9.47. The van der Waals surface area contributed by atoms with Crippen LogP contribution in [-0.2, 0) is 0 Å². The Morgan fingerprint density at radius 2 is 1.25 bits per heavy atom. The van der Waals surface area contributed by atoms with Gasteiger partial charge in [0.05, 0.1) is 0 Å². The van der Waals surface area contributed by atoms with Crippen LogP contribution in [0.1, 0.15) is 0 Å². The van der Waals surface area contributed by atoms with Gasteiger partial charge in [-0.2, -0.15) is 0 Å². The summed E-state index contributed by atoms with van der Waals surface area (Å²) in [4.78, 5) is 0. The van der Waals surface area contributed by atoms with Crippen LogP contribution in [0.4, 0.5) is 0 Å². The third kappa shape index (κ3) is 8.91. The van der Waals surface area contributed by atoms with Gasteiger partial charge in [0.15, 0.2) is 0 Å². The molecular weight excluding hydrogens is 395 g/mol. The van der Waals surface area contributed by atoms with Crippen molar-refractivity contribution in [2.24, 2.45) is 0 Å². The van der Waals surface area contributed by atoms with Crippen LogP contribution in [0.15, 0.2) is 0 Å². The fourth-order valence-electron chi connectivity index (χ4n) is 0. The monoisotopic (exact) mass is 398 g/mol. The zero-order chi connectivity index (χ0) is 2.71. The normalized spacial score (nSPS) is 5.50. The molecule has 0 fully saturated rings. The molecule has 1 nitrogen and oxygen atoms in total. The molecule has 0 aromatic carbocycles. The second-order valence-electron chi connectivity index (χ2n) is 0.0540. The van der Waals surface area contributed by atoms with E-state index in [1.54, 1.807) is 0 Å². The Morgan fingerprint density at radius 1 is 1.25 bits per heavy atom. The smallest absolute Gasteiger partial charge is 0.344 e. The standard InChI is InChI=1S/I3.H3N/c1-3-2;/h;1H3/q-1;. The van der Waals surface area contributed by atoms with E-state index in [1.807, 2.05) is 0 Å². The minimum atomic E-state index is 0. The molecule has 0 atom stereocenters.